The van der Waals surface area contributed by atoms with E-state index < -0.39 is 6.04 Å². The lowest BCUT2D eigenvalue weighted by Crippen LogP contribution is -2.50. The average Bonchev–Trinajstić information content (AvgIpc) is 2.98. The maximum absolute atomic E-state index is 13.8. The molecule has 4 aromatic rings. The van der Waals surface area contributed by atoms with E-state index in [1.165, 1.54) is 0 Å². The fraction of sp³-hybridized carbons (Fsp3) is 0.219. The summed E-state index contributed by atoms with van der Waals surface area (Å²) in [6.07, 6.45) is 4.75. The topological polar surface area (TPSA) is 71.5 Å². The van der Waals surface area contributed by atoms with Gasteiger partial charge in [-0.3, -0.25) is 14.6 Å². The third-order valence-corrected chi connectivity index (χ3v) is 6.44. The van der Waals surface area contributed by atoms with Crippen molar-refractivity contribution in [2.75, 3.05) is 7.11 Å². The van der Waals surface area contributed by atoms with Crippen LogP contribution in [0.4, 0.5) is 0 Å². The number of hydrogen-bond acceptors (Lipinski definition) is 4. The van der Waals surface area contributed by atoms with Gasteiger partial charge in [-0.1, -0.05) is 78.9 Å². The molecule has 38 heavy (non-hydrogen) atoms. The summed E-state index contributed by atoms with van der Waals surface area (Å²) < 4.78 is 5.30. The van der Waals surface area contributed by atoms with Gasteiger partial charge in [-0.05, 0) is 46.9 Å². The predicted octanol–water partition coefficient (Wildman–Crippen LogP) is 4.98. The van der Waals surface area contributed by atoms with Gasteiger partial charge < -0.3 is 15.0 Å². The molecule has 6 nitrogen and oxygen atoms in total. The number of carbonyl (C=O) groups is 2. The molecule has 1 atom stereocenters. The van der Waals surface area contributed by atoms with Gasteiger partial charge in [0.15, 0.2) is 0 Å². The highest BCUT2D eigenvalue weighted by Crippen LogP contribution is 2.19. The molecule has 1 heterocycles. The Bertz CT molecular complexity index is 1280. The summed E-state index contributed by atoms with van der Waals surface area (Å²) in [5, 5.41) is 3.04. The number of aryl methyl sites for hydroxylation is 1. The summed E-state index contributed by atoms with van der Waals surface area (Å²) in [5.74, 6) is 0.479. The Hall–Kier alpha value is -4.45. The highest BCUT2D eigenvalue weighted by Gasteiger charge is 2.30. The largest absolute Gasteiger partial charge is 0.497 e. The molecule has 0 aliphatic carbocycles. The minimum Gasteiger partial charge on any atom is -0.497 e. The monoisotopic (exact) mass is 507 g/mol. The molecule has 1 unspecified atom stereocenters. The van der Waals surface area contributed by atoms with Crippen molar-refractivity contribution in [3.63, 3.8) is 0 Å². The second-order valence-electron chi connectivity index (χ2n) is 9.14. The molecule has 1 N–H and O–H groups in total. The van der Waals surface area contributed by atoms with Crippen LogP contribution >= 0.6 is 0 Å². The number of ether oxygens (including phenoxy) is 1. The molecule has 0 fully saturated rings. The Labute approximate surface area is 224 Å². The zero-order valence-corrected chi connectivity index (χ0v) is 21.6. The third-order valence-electron chi connectivity index (χ3n) is 6.44. The van der Waals surface area contributed by atoms with E-state index in [9.17, 15) is 9.59 Å². The lowest BCUT2D eigenvalue weighted by Gasteiger charge is -2.32. The standard InChI is InChI=1S/C32H33N3O3/c1-38-29-17-14-27(15-18-29)24-35(31(36)19-16-25-9-4-2-5-10-25)30(21-26-11-6-3-7-12-26)32(37)34-23-28-13-8-20-33-22-28/h2-15,17-18,20,22,30H,16,19,21,23-24H2,1H3,(H,34,37). The van der Waals surface area contributed by atoms with Crippen molar-refractivity contribution in [2.45, 2.75) is 38.4 Å². The minimum atomic E-state index is -0.681. The molecule has 4 rings (SSSR count). The fourth-order valence-electron chi connectivity index (χ4n) is 4.33. The Morgan fingerprint density at radius 2 is 1.47 bits per heavy atom. The van der Waals surface area contributed by atoms with Gasteiger partial charge in [-0.15, -0.1) is 0 Å². The number of benzene rings is 3. The summed E-state index contributed by atoms with van der Waals surface area (Å²) in [4.78, 5) is 33.3. The smallest absolute Gasteiger partial charge is 0.243 e. The van der Waals surface area contributed by atoms with E-state index in [2.05, 4.69) is 10.3 Å². The van der Waals surface area contributed by atoms with Gasteiger partial charge in [0, 0.05) is 38.3 Å². The molecule has 1 aromatic heterocycles. The summed E-state index contributed by atoms with van der Waals surface area (Å²) in [6.45, 7) is 0.655. The molecule has 3 aromatic carbocycles. The lowest BCUT2D eigenvalue weighted by molar-refractivity contribution is -0.141. The van der Waals surface area contributed by atoms with Crippen molar-refractivity contribution in [3.8, 4) is 5.75 Å². The van der Waals surface area contributed by atoms with Crippen LogP contribution in [0.3, 0.4) is 0 Å². The SMILES string of the molecule is COc1ccc(CN(C(=O)CCc2ccccc2)C(Cc2ccccc2)C(=O)NCc2cccnc2)cc1. The third kappa shape index (κ3) is 7.77. The van der Waals surface area contributed by atoms with Gasteiger partial charge in [0.05, 0.1) is 7.11 Å². The highest BCUT2D eigenvalue weighted by atomic mass is 16.5. The minimum absolute atomic E-state index is 0.0675. The zero-order chi connectivity index (χ0) is 26.6. The van der Waals surface area contributed by atoms with Crippen molar-refractivity contribution in [1.82, 2.24) is 15.2 Å². The molecular formula is C32H33N3O3. The van der Waals surface area contributed by atoms with Crippen LogP contribution in [0.5, 0.6) is 5.75 Å². The number of amides is 2. The molecule has 6 heteroatoms. The first-order valence-corrected chi connectivity index (χ1v) is 12.8. The summed E-state index contributed by atoms with van der Waals surface area (Å²) in [7, 11) is 1.62. The quantitative estimate of drug-likeness (QED) is 0.294. The number of rotatable bonds is 12. The molecule has 0 radical (unpaired) electrons. The van der Waals surface area contributed by atoms with Crippen LogP contribution in [0.25, 0.3) is 0 Å². The maximum atomic E-state index is 13.8. The van der Waals surface area contributed by atoms with Crippen LogP contribution in [0.2, 0.25) is 0 Å². The number of nitrogens with one attached hydrogen (secondary N) is 1. The zero-order valence-electron chi connectivity index (χ0n) is 21.6. The second-order valence-corrected chi connectivity index (χ2v) is 9.14. The summed E-state index contributed by atoms with van der Waals surface area (Å²) in [5.41, 5.74) is 3.91. The van der Waals surface area contributed by atoms with Gasteiger partial charge in [0.25, 0.3) is 0 Å². The molecule has 0 spiro atoms. The first kappa shape index (κ1) is 26.6. The van der Waals surface area contributed by atoms with Gasteiger partial charge in [0.2, 0.25) is 11.8 Å². The van der Waals surface area contributed by atoms with Crippen LogP contribution < -0.4 is 10.1 Å². The number of hydrogen-bond donors (Lipinski definition) is 1. The number of nitrogens with zero attached hydrogens (tertiary/aromatic N) is 2. The Morgan fingerprint density at radius 3 is 2.11 bits per heavy atom. The van der Waals surface area contributed by atoms with Crippen molar-refractivity contribution in [1.29, 1.82) is 0 Å². The normalized spacial score (nSPS) is 11.4. The summed E-state index contributed by atoms with van der Waals surface area (Å²) in [6, 6.07) is 30.4. The van der Waals surface area contributed by atoms with E-state index in [4.69, 9.17) is 4.74 Å². The van der Waals surface area contributed by atoms with Crippen molar-refractivity contribution >= 4 is 11.8 Å². The van der Waals surface area contributed by atoms with Gasteiger partial charge in [-0.2, -0.15) is 0 Å². The Kier molecular flexibility index (Phi) is 9.63. The maximum Gasteiger partial charge on any atom is 0.243 e. The molecule has 0 saturated heterocycles. The molecule has 0 saturated carbocycles. The van der Waals surface area contributed by atoms with Gasteiger partial charge in [-0.25, -0.2) is 0 Å². The van der Waals surface area contributed by atoms with E-state index in [-0.39, 0.29) is 11.8 Å². The highest BCUT2D eigenvalue weighted by molar-refractivity contribution is 5.88. The Morgan fingerprint density at radius 1 is 0.816 bits per heavy atom. The van der Waals surface area contributed by atoms with E-state index in [1.54, 1.807) is 24.4 Å². The number of pyridine rings is 1. The molecule has 0 aliphatic rings. The average molecular weight is 508 g/mol. The molecular weight excluding hydrogens is 474 g/mol. The number of methoxy groups -OCH3 is 1. The van der Waals surface area contributed by atoms with E-state index >= 15 is 0 Å². The lowest BCUT2D eigenvalue weighted by atomic mass is 10.0. The second kappa shape index (κ2) is 13.7. The van der Waals surface area contributed by atoms with Gasteiger partial charge in [0.1, 0.15) is 11.8 Å². The Balaban J connectivity index is 1.60. The van der Waals surface area contributed by atoms with Crippen LogP contribution in [0.15, 0.2) is 109 Å². The number of carbonyl (C=O) groups excluding carboxylic acids is 2. The number of aromatic nitrogens is 1. The van der Waals surface area contributed by atoms with Crippen LogP contribution in [0.1, 0.15) is 28.7 Å². The van der Waals surface area contributed by atoms with E-state index in [0.29, 0.717) is 32.4 Å². The molecule has 2 amide bonds. The molecule has 0 aliphatic heterocycles. The van der Waals surface area contributed by atoms with Crippen LogP contribution in [-0.4, -0.2) is 34.8 Å². The van der Waals surface area contributed by atoms with E-state index in [1.807, 2.05) is 97.1 Å². The first-order chi connectivity index (χ1) is 18.6. The van der Waals surface area contributed by atoms with Gasteiger partial charge >= 0.3 is 0 Å². The van der Waals surface area contributed by atoms with Crippen molar-refractivity contribution < 1.29 is 14.3 Å². The van der Waals surface area contributed by atoms with Crippen molar-refractivity contribution in [3.05, 3.63) is 132 Å². The van der Waals surface area contributed by atoms with Crippen LogP contribution in [-0.2, 0) is 35.5 Å². The van der Waals surface area contributed by atoms with E-state index in [0.717, 1.165) is 28.0 Å². The molecule has 194 valence electrons. The molecule has 0 bridgehead atoms. The predicted molar refractivity (Wildman–Crippen MR) is 148 cm³/mol. The van der Waals surface area contributed by atoms with Crippen LogP contribution in [0, 0.1) is 0 Å². The summed E-state index contributed by atoms with van der Waals surface area (Å²) >= 11 is 0. The fourth-order valence-corrected chi connectivity index (χ4v) is 4.33. The first-order valence-electron chi connectivity index (χ1n) is 12.8. The van der Waals surface area contributed by atoms with Crippen molar-refractivity contribution in [2.24, 2.45) is 0 Å².